The summed E-state index contributed by atoms with van der Waals surface area (Å²) in [6.45, 7) is 4.19. The first-order chi connectivity index (χ1) is 12.0. The molecular formula is C20H22N2O3. The first kappa shape index (κ1) is 16.9. The number of H-pyrrole nitrogens is 1. The van der Waals surface area contributed by atoms with Crippen LogP contribution in [0.1, 0.15) is 25.3 Å². The number of hydrogen-bond acceptors (Lipinski definition) is 4. The smallest absolute Gasteiger partial charge is 0.161 e. The molecule has 0 unspecified atom stereocenters. The van der Waals surface area contributed by atoms with Gasteiger partial charge in [-0.3, -0.25) is 5.10 Å². The topological polar surface area (TPSA) is 67.4 Å². The number of aromatic nitrogens is 2. The Labute approximate surface area is 147 Å². The van der Waals surface area contributed by atoms with Crippen molar-refractivity contribution in [3.8, 4) is 39.6 Å². The first-order valence-electron chi connectivity index (χ1n) is 8.14. The molecule has 5 heteroatoms. The largest absolute Gasteiger partial charge is 0.507 e. The number of phenols is 1. The average Bonchev–Trinajstić information content (AvgIpc) is 3.10. The number of aromatic hydroxyl groups is 1. The van der Waals surface area contributed by atoms with E-state index in [4.69, 9.17) is 9.47 Å². The van der Waals surface area contributed by atoms with Crippen LogP contribution in [-0.2, 0) is 0 Å². The summed E-state index contributed by atoms with van der Waals surface area (Å²) >= 11 is 0. The molecule has 5 nitrogen and oxygen atoms in total. The maximum Gasteiger partial charge on any atom is 0.161 e. The van der Waals surface area contributed by atoms with Crippen LogP contribution in [0.15, 0.2) is 42.6 Å². The molecule has 1 heterocycles. The van der Waals surface area contributed by atoms with E-state index in [1.54, 1.807) is 26.5 Å². The Morgan fingerprint density at radius 1 is 0.960 bits per heavy atom. The summed E-state index contributed by atoms with van der Waals surface area (Å²) in [6, 6.07) is 11.4. The number of nitrogens with one attached hydrogen (secondary N) is 1. The highest BCUT2D eigenvalue weighted by Gasteiger charge is 2.16. The van der Waals surface area contributed by atoms with Gasteiger partial charge in [0, 0.05) is 11.1 Å². The third-order valence-electron chi connectivity index (χ3n) is 4.29. The van der Waals surface area contributed by atoms with E-state index in [9.17, 15) is 5.11 Å². The lowest BCUT2D eigenvalue weighted by Gasteiger charge is -2.12. The Morgan fingerprint density at radius 2 is 1.72 bits per heavy atom. The molecule has 0 aliphatic heterocycles. The third kappa shape index (κ3) is 3.18. The molecule has 25 heavy (non-hydrogen) atoms. The van der Waals surface area contributed by atoms with E-state index in [0.717, 1.165) is 22.4 Å². The van der Waals surface area contributed by atoms with Gasteiger partial charge in [-0.25, -0.2) is 0 Å². The predicted octanol–water partition coefficient (Wildman–Crippen LogP) is 4.59. The van der Waals surface area contributed by atoms with Crippen molar-refractivity contribution in [1.82, 2.24) is 10.2 Å². The molecule has 0 saturated carbocycles. The Morgan fingerprint density at radius 3 is 2.36 bits per heavy atom. The van der Waals surface area contributed by atoms with Crippen molar-refractivity contribution in [2.75, 3.05) is 14.2 Å². The highest BCUT2D eigenvalue weighted by molar-refractivity contribution is 5.84. The van der Waals surface area contributed by atoms with Gasteiger partial charge in [0.25, 0.3) is 0 Å². The zero-order valence-corrected chi connectivity index (χ0v) is 14.8. The lowest BCUT2D eigenvalue weighted by Crippen LogP contribution is -1.92. The van der Waals surface area contributed by atoms with Crippen molar-refractivity contribution in [2.24, 2.45) is 0 Å². The summed E-state index contributed by atoms with van der Waals surface area (Å²) in [5.41, 5.74) is 4.38. The van der Waals surface area contributed by atoms with Crippen LogP contribution in [0.25, 0.3) is 22.4 Å². The van der Waals surface area contributed by atoms with Crippen LogP contribution >= 0.6 is 0 Å². The Hall–Kier alpha value is -2.95. The Kier molecular flexibility index (Phi) is 4.65. The molecule has 3 rings (SSSR count). The summed E-state index contributed by atoms with van der Waals surface area (Å²) in [6.07, 6.45) is 1.74. The average molecular weight is 338 g/mol. The number of nitrogens with zero attached hydrogens (tertiary/aromatic N) is 1. The molecule has 0 bridgehead atoms. The molecule has 0 spiro atoms. The van der Waals surface area contributed by atoms with Gasteiger partial charge in [0.1, 0.15) is 5.75 Å². The standard InChI is InChI=1S/C20H22N2O3/c1-12(2)13-5-7-15(17(23)9-13)20-16(11-21-22-20)14-6-8-18(24-3)19(10-14)25-4/h5-12,23H,1-4H3,(H,21,22). The van der Waals surface area contributed by atoms with Gasteiger partial charge in [0.15, 0.2) is 11.5 Å². The quantitative estimate of drug-likeness (QED) is 0.714. The fraction of sp³-hybridized carbons (Fsp3) is 0.250. The van der Waals surface area contributed by atoms with Crippen molar-refractivity contribution >= 4 is 0 Å². The molecular weight excluding hydrogens is 316 g/mol. The molecule has 0 amide bonds. The predicted molar refractivity (Wildman–Crippen MR) is 98.3 cm³/mol. The lowest BCUT2D eigenvalue weighted by atomic mass is 9.97. The van der Waals surface area contributed by atoms with Crippen LogP contribution in [0.2, 0.25) is 0 Å². The van der Waals surface area contributed by atoms with Crippen LogP contribution in [0, 0.1) is 0 Å². The summed E-state index contributed by atoms with van der Waals surface area (Å²) < 4.78 is 10.7. The van der Waals surface area contributed by atoms with E-state index in [1.165, 1.54) is 0 Å². The van der Waals surface area contributed by atoms with Crippen molar-refractivity contribution in [1.29, 1.82) is 0 Å². The van der Waals surface area contributed by atoms with Crippen LogP contribution < -0.4 is 9.47 Å². The minimum Gasteiger partial charge on any atom is -0.507 e. The molecule has 2 N–H and O–H groups in total. The van der Waals surface area contributed by atoms with E-state index >= 15 is 0 Å². The maximum absolute atomic E-state index is 10.5. The number of phenolic OH excluding ortho intramolecular Hbond substituents is 1. The summed E-state index contributed by atoms with van der Waals surface area (Å²) in [4.78, 5) is 0. The van der Waals surface area contributed by atoms with Gasteiger partial charge >= 0.3 is 0 Å². The molecule has 0 saturated heterocycles. The second kappa shape index (κ2) is 6.89. The van der Waals surface area contributed by atoms with Crippen molar-refractivity contribution in [3.63, 3.8) is 0 Å². The zero-order chi connectivity index (χ0) is 18.0. The van der Waals surface area contributed by atoms with Gasteiger partial charge in [-0.05, 0) is 41.3 Å². The molecule has 130 valence electrons. The summed E-state index contributed by atoms with van der Waals surface area (Å²) in [5, 5.41) is 17.6. The number of hydrogen-bond donors (Lipinski definition) is 2. The minimum atomic E-state index is 0.233. The van der Waals surface area contributed by atoms with Crippen molar-refractivity contribution in [2.45, 2.75) is 19.8 Å². The zero-order valence-electron chi connectivity index (χ0n) is 14.8. The van der Waals surface area contributed by atoms with E-state index in [2.05, 4.69) is 24.0 Å². The normalized spacial score (nSPS) is 10.9. The van der Waals surface area contributed by atoms with Gasteiger partial charge in [-0.2, -0.15) is 5.10 Å². The van der Waals surface area contributed by atoms with Gasteiger partial charge < -0.3 is 14.6 Å². The van der Waals surface area contributed by atoms with E-state index in [-0.39, 0.29) is 5.75 Å². The lowest BCUT2D eigenvalue weighted by molar-refractivity contribution is 0.355. The SMILES string of the molecule is COc1ccc(-c2cn[nH]c2-c2ccc(C(C)C)cc2O)cc1OC. The Bertz CT molecular complexity index is 884. The van der Waals surface area contributed by atoms with Crippen LogP contribution in [0.3, 0.4) is 0 Å². The van der Waals surface area contributed by atoms with E-state index in [0.29, 0.717) is 23.0 Å². The van der Waals surface area contributed by atoms with E-state index in [1.807, 2.05) is 30.3 Å². The number of aromatic amines is 1. The fourth-order valence-electron chi connectivity index (χ4n) is 2.83. The fourth-order valence-corrected chi connectivity index (χ4v) is 2.83. The molecule has 2 aromatic carbocycles. The highest BCUT2D eigenvalue weighted by Crippen LogP contribution is 2.39. The molecule has 1 aromatic heterocycles. The number of ether oxygens (including phenoxy) is 2. The van der Waals surface area contributed by atoms with Gasteiger partial charge in [-0.15, -0.1) is 0 Å². The van der Waals surface area contributed by atoms with Crippen LogP contribution in [0.5, 0.6) is 17.2 Å². The molecule has 0 atom stereocenters. The second-order valence-corrected chi connectivity index (χ2v) is 6.16. The number of methoxy groups -OCH3 is 2. The Balaban J connectivity index is 2.07. The van der Waals surface area contributed by atoms with Crippen molar-refractivity contribution in [3.05, 3.63) is 48.2 Å². The van der Waals surface area contributed by atoms with Gasteiger partial charge in [0.05, 0.1) is 26.1 Å². The van der Waals surface area contributed by atoms with Gasteiger partial charge in [-0.1, -0.05) is 26.0 Å². The van der Waals surface area contributed by atoms with Crippen LogP contribution in [-0.4, -0.2) is 29.5 Å². The molecule has 0 aliphatic rings. The highest BCUT2D eigenvalue weighted by atomic mass is 16.5. The molecule has 0 fully saturated rings. The van der Waals surface area contributed by atoms with Crippen molar-refractivity contribution < 1.29 is 14.6 Å². The summed E-state index contributed by atoms with van der Waals surface area (Å²) in [5.74, 6) is 1.90. The molecule has 0 aliphatic carbocycles. The number of rotatable bonds is 5. The van der Waals surface area contributed by atoms with Gasteiger partial charge in [0.2, 0.25) is 0 Å². The maximum atomic E-state index is 10.5. The monoisotopic (exact) mass is 338 g/mol. The second-order valence-electron chi connectivity index (χ2n) is 6.16. The summed E-state index contributed by atoms with van der Waals surface area (Å²) in [7, 11) is 3.21. The number of benzene rings is 2. The third-order valence-corrected chi connectivity index (χ3v) is 4.29. The molecule has 0 radical (unpaired) electrons. The first-order valence-corrected chi connectivity index (χ1v) is 8.14. The minimum absolute atomic E-state index is 0.233. The van der Waals surface area contributed by atoms with E-state index < -0.39 is 0 Å². The molecule has 3 aromatic rings. The van der Waals surface area contributed by atoms with Crippen LogP contribution in [0.4, 0.5) is 0 Å².